The number of ether oxygens (including phenoxy) is 2. The predicted molar refractivity (Wildman–Crippen MR) is 261 cm³/mol. The third-order valence-electron chi connectivity index (χ3n) is 12.6. The van der Waals surface area contributed by atoms with Crippen molar-refractivity contribution in [3.8, 4) is 0 Å². The molecule has 0 amide bonds. The monoisotopic (exact) mass is 860 g/mol. The van der Waals surface area contributed by atoms with Crippen molar-refractivity contribution in [3.63, 3.8) is 0 Å². The molecule has 61 heavy (non-hydrogen) atoms. The Labute approximate surface area is 377 Å². The Morgan fingerprint density at radius 3 is 1.28 bits per heavy atom. The van der Waals surface area contributed by atoms with E-state index < -0.39 is 0 Å². The van der Waals surface area contributed by atoms with E-state index >= 15 is 0 Å². The highest BCUT2D eigenvalue weighted by Gasteiger charge is 2.15. The van der Waals surface area contributed by atoms with Gasteiger partial charge in [0.1, 0.15) is 23.8 Å². The molecule has 0 saturated heterocycles. The molecule has 358 valence electrons. The Kier molecular flexibility index (Phi) is 38.8. The fraction of sp³-hybridized carbons (Fsp3) is 0.904. The van der Waals surface area contributed by atoms with Crippen LogP contribution in [-0.4, -0.2) is 58.5 Å². The van der Waals surface area contributed by atoms with Crippen molar-refractivity contribution < 1.29 is 19.1 Å². The molecular weight excluding hydrogens is 759 g/mol. The summed E-state index contributed by atoms with van der Waals surface area (Å²) in [6, 6.07) is 1.73. The quantitative estimate of drug-likeness (QED) is 0.0490. The lowest BCUT2D eigenvalue weighted by atomic mass is 10.0. The number of hydrogen-bond donors (Lipinski definition) is 2. The lowest BCUT2D eigenvalue weighted by molar-refractivity contribution is -0.150. The molecule has 1 aromatic rings. The number of hydrogen-bond acceptors (Lipinski definition) is 8. The van der Waals surface area contributed by atoms with E-state index in [1.54, 1.807) is 6.07 Å². The Hall–Kier alpha value is -2.29. The number of nitrogen functional groups attached to an aromatic ring is 2. The van der Waals surface area contributed by atoms with Crippen LogP contribution in [0.5, 0.6) is 0 Å². The zero-order chi connectivity index (χ0) is 44.4. The zero-order valence-electron chi connectivity index (χ0n) is 40.9. The summed E-state index contributed by atoms with van der Waals surface area (Å²) in [7, 11) is 0. The van der Waals surface area contributed by atoms with Crippen molar-refractivity contribution in [1.82, 2.24) is 14.7 Å². The van der Waals surface area contributed by atoms with E-state index in [2.05, 4.69) is 37.7 Å². The lowest BCUT2D eigenvalue weighted by Gasteiger charge is -2.22. The molecule has 1 unspecified atom stereocenters. The van der Waals surface area contributed by atoms with Crippen molar-refractivity contribution in [3.05, 3.63) is 6.07 Å². The Bertz CT molecular complexity index is 1110. The summed E-state index contributed by atoms with van der Waals surface area (Å²) >= 11 is 0. The maximum Gasteiger partial charge on any atom is 0.306 e. The van der Waals surface area contributed by atoms with E-state index in [1.165, 1.54) is 161 Å². The number of aromatic nitrogens is 2. The van der Waals surface area contributed by atoms with Gasteiger partial charge in [-0.05, 0) is 96.7 Å². The average molecular weight is 860 g/mol. The molecule has 1 atom stereocenters. The number of nitrogens with zero attached hydrogens (tertiary/aromatic N) is 3. The number of nitrogens with two attached hydrogens (primary N) is 2. The van der Waals surface area contributed by atoms with Gasteiger partial charge in [0, 0.05) is 25.5 Å². The highest BCUT2D eigenvalue weighted by Crippen LogP contribution is 2.20. The van der Waals surface area contributed by atoms with Crippen LogP contribution < -0.4 is 11.5 Å². The fourth-order valence-electron chi connectivity index (χ4n) is 8.59. The second-order valence-corrected chi connectivity index (χ2v) is 18.5. The molecule has 0 saturated carbocycles. The molecule has 4 N–H and O–H groups in total. The second-order valence-electron chi connectivity index (χ2n) is 18.5. The van der Waals surface area contributed by atoms with Crippen molar-refractivity contribution in [1.29, 1.82) is 0 Å². The van der Waals surface area contributed by atoms with E-state index in [-0.39, 0.29) is 24.1 Å². The number of carbonyl (C=O) groups is 2. The molecule has 0 fully saturated rings. The first kappa shape index (κ1) is 56.7. The number of rotatable bonds is 46. The second kappa shape index (κ2) is 41.7. The molecule has 1 heterocycles. The third kappa shape index (κ3) is 34.8. The minimum Gasteiger partial charge on any atom is -0.462 e. The Balaban J connectivity index is 2.31. The van der Waals surface area contributed by atoms with E-state index in [0.29, 0.717) is 24.5 Å². The molecule has 0 aliphatic rings. The molecule has 0 bridgehead atoms. The number of anilines is 2. The molecule has 9 heteroatoms. The molecule has 1 rings (SSSR count). The molecule has 1 aromatic heterocycles. The fourth-order valence-corrected chi connectivity index (χ4v) is 8.59. The standard InChI is InChI=1S/C52H101N5O4/c1-5-9-12-15-22-29-37-47(8-4)60-51(58)40-33-26-21-28-35-43-56(44-36-45-57-50(54)46-49(53)55-57)42-34-27-20-18-19-25-32-41-52(59)61-48(38-30-23-16-13-10-6-2)39-31-24-17-14-11-7-3/h46-48H,5-45,54H2,1-4H3,(H2,53,55). The molecule has 0 radical (unpaired) electrons. The Morgan fingerprint density at radius 2 is 0.869 bits per heavy atom. The van der Waals surface area contributed by atoms with Gasteiger partial charge in [-0.3, -0.25) is 9.59 Å². The van der Waals surface area contributed by atoms with Gasteiger partial charge in [-0.2, -0.15) is 5.10 Å². The Morgan fingerprint density at radius 1 is 0.508 bits per heavy atom. The minimum atomic E-state index is -0.00957. The smallest absolute Gasteiger partial charge is 0.306 e. The summed E-state index contributed by atoms with van der Waals surface area (Å²) in [5.41, 5.74) is 11.9. The van der Waals surface area contributed by atoms with Crippen molar-refractivity contribution in [2.45, 2.75) is 284 Å². The third-order valence-corrected chi connectivity index (χ3v) is 12.6. The number of esters is 2. The summed E-state index contributed by atoms with van der Waals surface area (Å²) in [5.74, 6) is 1.13. The molecule has 0 spiro atoms. The average Bonchev–Trinajstić information content (AvgIpc) is 3.57. The lowest BCUT2D eigenvalue weighted by Crippen LogP contribution is -2.28. The van der Waals surface area contributed by atoms with Gasteiger partial charge in [0.25, 0.3) is 0 Å². The van der Waals surface area contributed by atoms with Crippen LogP contribution in [0.2, 0.25) is 0 Å². The normalized spacial score (nSPS) is 12.2. The predicted octanol–water partition coefficient (Wildman–Crippen LogP) is 14.7. The van der Waals surface area contributed by atoms with Crippen LogP contribution in [0.1, 0.15) is 265 Å². The molecule has 0 aliphatic carbocycles. The van der Waals surface area contributed by atoms with Gasteiger partial charge in [0.2, 0.25) is 0 Å². The highest BCUT2D eigenvalue weighted by molar-refractivity contribution is 5.69. The number of aryl methyl sites for hydroxylation is 1. The number of carbonyl (C=O) groups excluding carboxylic acids is 2. The summed E-state index contributed by atoms with van der Waals surface area (Å²) in [4.78, 5) is 27.9. The summed E-state index contributed by atoms with van der Waals surface area (Å²) in [6.45, 7) is 12.9. The van der Waals surface area contributed by atoms with Crippen LogP contribution in [0.4, 0.5) is 11.6 Å². The largest absolute Gasteiger partial charge is 0.462 e. The molecule has 0 aliphatic heterocycles. The van der Waals surface area contributed by atoms with E-state index in [4.69, 9.17) is 20.9 Å². The molecule has 0 aromatic carbocycles. The van der Waals surface area contributed by atoms with Crippen LogP contribution in [0, 0.1) is 0 Å². The van der Waals surface area contributed by atoms with Crippen LogP contribution in [0.15, 0.2) is 6.07 Å². The number of unbranched alkanes of at least 4 members (excludes halogenated alkanes) is 25. The van der Waals surface area contributed by atoms with Crippen LogP contribution >= 0.6 is 0 Å². The highest BCUT2D eigenvalue weighted by atomic mass is 16.5. The van der Waals surface area contributed by atoms with E-state index in [0.717, 1.165) is 90.4 Å². The maximum absolute atomic E-state index is 12.8. The van der Waals surface area contributed by atoms with Gasteiger partial charge < -0.3 is 25.8 Å². The van der Waals surface area contributed by atoms with Gasteiger partial charge in [-0.15, -0.1) is 0 Å². The van der Waals surface area contributed by atoms with Gasteiger partial charge in [-0.1, -0.05) is 175 Å². The molecular formula is C52H101N5O4. The van der Waals surface area contributed by atoms with Gasteiger partial charge >= 0.3 is 11.9 Å². The van der Waals surface area contributed by atoms with E-state index in [1.807, 2.05) is 4.68 Å². The first-order chi connectivity index (χ1) is 29.8. The topological polar surface area (TPSA) is 126 Å². The first-order valence-corrected chi connectivity index (χ1v) is 26.5. The van der Waals surface area contributed by atoms with Gasteiger partial charge in [0.05, 0.1) is 0 Å². The molecule has 9 nitrogen and oxygen atoms in total. The maximum atomic E-state index is 12.8. The van der Waals surface area contributed by atoms with Crippen molar-refractivity contribution in [2.75, 3.05) is 31.1 Å². The van der Waals surface area contributed by atoms with Crippen LogP contribution in [-0.2, 0) is 25.6 Å². The first-order valence-electron chi connectivity index (χ1n) is 26.5. The minimum absolute atomic E-state index is 0.00957. The summed E-state index contributed by atoms with van der Waals surface area (Å²) in [6.07, 6.45) is 43.1. The van der Waals surface area contributed by atoms with Gasteiger partial charge in [-0.25, -0.2) is 4.68 Å². The summed E-state index contributed by atoms with van der Waals surface area (Å²) in [5, 5.41) is 4.34. The van der Waals surface area contributed by atoms with Crippen molar-refractivity contribution in [2.24, 2.45) is 0 Å². The zero-order valence-corrected chi connectivity index (χ0v) is 40.9. The van der Waals surface area contributed by atoms with Gasteiger partial charge in [0.15, 0.2) is 0 Å². The SMILES string of the molecule is CCCCCCCCC(CC)OC(=O)CCCCCCCN(CCCCCCCCCC(=O)OC(CCCCCCCC)CCCCCCCC)CCCn1nc(N)cc1N. The van der Waals surface area contributed by atoms with Crippen LogP contribution in [0.25, 0.3) is 0 Å². The van der Waals surface area contributed by atoms with E-state index in [9.17, 15) is 9.59 Å². The van der Waals surface area contributed by atoms with Crippen molar-refractivity contribution >= 4 is 23.6 Å². The summed E-state index contributed by atoms with van der Waals surface area (Å²) < 4.78 is 13.7. The van der Waals surface area contributed by atoms with Crippen LogP contribution in [0.3, 0.4) is 0 Å².